The summed E-state index contributed by atoms with van der Waals surface area (Å²) in [5.74, 6) is -1.11. The van der Waals surface area contributed by atoms with E-state index < -0.39 is 12.1 Å². The fourth-order valence-corrected chi connectivity index (χ4v) is 3.13. The van der Waals surface area contributed by atoms with Gasteiger partial charge in [0.15, 0.2) is 0 Å². The van der Waals surface area contributed by atoms with Crippen molar-refractivity contribution in [2.24, 2.45) is 0 Å². The Morgan fingerprint density at radius 3 is 2.52 bits per heavy atom. The van der Waals surface area contributed by atoms with Crippen molar-refractivity contribution >= 4 is 29.1 Å². The molecule has 0 saturated carbocycles. The Kier molecular flexibility index (Phi) is 5.06. The highest BCUT2D eigenvalue weighted by atomic mass is 32.1. The lowest BCUT2D eigenvalue weighted by atomic mass is 10.2. The van der Waals surface area contributed by atoms with Gasteiger partial charge in [0, 0.05) is 17.3 Å². The number of carbonyl (C=O) groups excluding carboxylic acids is 1. The molecule has 25 heavy (non-hydrogen) atoms. The third-order valence-corrected chi connectivity index (χ3v) is 4.51. The monoisotopic (exact) mass is 354 g/mol. The quantitative estimate of drug-likeness (QED) is 0.715. The van der Waals surface area contributed by atoms with Crippen LogP contribution in [0, 0.1) is 0 Å². The van der Waals surface area contributed by atoms with Crippen LogP contribution in [0.2, 0.25) is 0 Å². The van der Waals surface area contributed by atoms with E-state index in [1.807, 2.05) is 30.3 Å². The first kappa shape index (κ1) is 16.7. The standard InChI is InChI=1S/C18H14N2O4S/c21-17(22)16-14(10-15(25-16)13-6-8-19-9-7-13)20-18(23)24-11-12-4-2-1-3-5-12/h1-10H,11H2,(H,20,23)(H,21,22). The summed E-state index contributed by atoms with van der Waals surface area (Å²) in [7, 11) is 0. The molecule has 0 aliphatic rings. The van der Waals surface area contributed by atoms with E-state index in [9.17, 15) is 14.7 Å². The summed E-state index contributed by atoms with van der Waals surface area (Å²) in [6, 6.07) is 14.4. The van der Waals surface area contributed by atoms with Crippen LogP contribution in [0.1, 0.15) is 15.2 Å². The zero-order chi connectivity index (χ0) is 17.6. The zero-order valence-corrected chi connectivity index (χ0v) is 13.8. The number of thiophene rings is 1. The molecule has 0 spiro atoms. The molecule has 0 fully saturated rings. The first-order valence-corrected chi connectivity index (χ1v) is 8.20. The average Bonchev–Trinajstić information content (AvgIpc) is 3.06. The number of anilines is 1. The highest BCUT2D eigenvalue weighted by molar-refractivity contribution is 7.18. The molecule has 0 aliphatic carbocycles. The van der Waals surface area contributed by atoms with Crippen molar-refractivity contribution in [3.8, 4) is 10.4 Å². The van der Waals surface area contributed by atoms with Crippen molar-refractivity contribution in [3.05, 3.63) is 71.4 Å². The van der Waals surface area contributed by atoms with E-state index in [0.29, 0.717) is 0 Å². The number of hydrogen-bond acceptors (Lipinski definition) is 5. The van der Waals surface area contributed by atoms with Crippen molar-refractivity contribution in [2.45, 2.75) is 6.61 Å². The van der Waals surface area contributed by atoms with Gasteiger partial charge in [0.1, 0.15) is 11.5 Å². The van der Waals surface area contributed by atoms with E-state index >= 15 is 0 Å². The lowest BCUT2D eigenvalue weighted by molar-refractivity contribution is 0.0703. The molecule has 126 valence electrons. The number of pyridine rings is 1. The number of hydrogen-bond donors (Lipinski definition) is 2. The Hall–Kier alpha value is -3.19. The number of nitrogens with one attached hydrogen (secondary N) is 1. The van der Waals surface area contributed by atoms with Crippen LogP contribution in [-0.2, 0) is 11.3 Å². The molecule has 0 saturated heterocycles. The van der Waals surface area contributed by atoms with Crippen LogP contribution in [0.3, 0.4) is 0 Å². The van der Waals surface area contributed by atoms with Crippen molar-refractivity contribution < 1.29 is 19.4 Å². The predicted molar refractivity (Wildman–Crippen MR) is 94.8 cm³/mol. The number of benzene rings is 1. The first-order chi connectivity index (χ1) is 12.1. The molecule has 0 atom stereocenters. The van der Waals surface area contributed by atoms with Crippen LogP contribution < -0.4 is 5.32 Å². The number of amides is 1. The largest absolute Gasteiger partial charge is 0.477 e. The molecule has 1 amide bonds. The minimum Gasteiger partial charge on any atom is -0.477 e. The first-order valence-electron chi connectivity index (χ1n) is 7.38. The van der Waals surface area contributed by atoms with E-state index in [1.165, 1.54) is 0 Å². The van der Waals surface area contributed by atoms with Crippen LogP contribution in [0.25, 0.3) is 10.4 Å². The minimum absolute atomic E-state index is 0.0449. The van der Waals surface area contributed by atoms with Gasteiger partial charge in [-0.15, -0.1) is 11.3 Å². The van der Waals surface area contributed by atoms with Gasteiger partial charge in [0.05, 0.1) is 5.69 Å². The van der Waals surface area contributed by atoms with Gasteiger partial charge in [0.25, 0.3) is 0 Å². The fourth-order valence-electron chi connectivity index (χ4n) is 2.17. The Morgan fingerprint density at radius 2 is 1.84 bits per heavy atom. The predicted octanol–water partition coefficient (Wildman–Crippen LogP) is 4.26. The Bertz CT molecular complexity index is 879. The molecule has 1 aromatic carbocycles. The average molecular weight is 354 g/mol. The number of carboxylic acid groups (broad SMARTS) is 1. The summed E-state index contributed by atoms with van der Waals surface area (Å²) in [5.41, 5.74) is 1.88. The van der Waals surface area contributed by atoms with Crippen LogP contribution >= 0.6 is 11.3 Å². The van der Waals surface area contributed by atoms with Gasteiger partial charge in [-0.25, -0.2) is 9.59 Å². The molecule has 0 aliphatic heterocycles. The summed E-state index contributed by atoms with van der Waals surface area (Å²) in [6.07, 6.45) is 2.54. The van der Waals surface area contributed by atoms with Gasteiger partial charge in [-0.05, 0) is 29.3 Å². The number of nitrogens with zero attached hydrogens (tertiary/aromatic N) is 1. The number of carboxylic acids is 1. The van der Waals surface area contributed by atoms with Crippen LogP contribution in [0.15, 0.2) is 60.9 Å². The highest BCUT2D eigenvalue weighted by Crippen LogP contribution is 2.34. The normalized spacial score (nSPS) is 10.2. The van der Waals surface area contributed by atoms with Gasteiger partial charge in [0.2, 0.25) is 0 Å². The molecule has 2 N–H and O–H groups in total. The topological polar surface area (TPSA) is 88.5 Å². The summed E-state index contributed by atoms with van der Waals surface area (Å²) in [4.78, 5) is 28.1. The number of aromatic nitrogens is 1. The van der Waals surface area contributed by atoms with Gasteiger partial charge >= 0.3 is 12.1 Å². The van der Waals surface area contributed by atoms with Crippen LogP contribution in [-0.4, -0.2) is 22.2 Å². The molecule has 0 radical (unpaired) electrons. The molecule has 0 bridgehead atoms. The minimum atomic E-state index is -1.11. The van der Waals surface area contributed by atoms with Crippen molar-refractivity contribution in [1.29, 1.82) is 0 Å². The SMILES string of the molecule is O=C(Nc1cc(-c2ccncc2)sc1C(=O)O)OCc1ccccc1. The maximum atomic E-state index is 12.0. The molecular formula is C18H14N2O4S. The second kappa shape index (κ2) is 7.59. The molecule has 7 heteroatoms. The molecule has 2 aromatic heterocycles. The Morgan fingerprint density at radius 1 is 1.12 bits per heavy atom. The van der Waals surface area contributed by atoms with Crippen molar-refractivity contribution in [1.82, 2.24) is 4.98 Å². The molecule has 3 aromatic rings. The van der Waals surface area contributed by atoms with Crippen molar-refractivity contribution in [3.63, 3.8) is 0 Å². The van der Waals surface area contributed by atoms with E-state index in [2.05, 4.69) is 10.3 Å². The van der Waals surface area contributed by atoms with Gasteiger partial charge in [-0.2, -0.15) is 0 Å². The smallest absolute Gasteiger partial charge is 0.412 e. The van der Waals surface area contributed by atoms with Gasteiger partial charge in [-0.1, -0.05) is 30.3 Å². The lowest BCUT2D eigenvalue weighted by Crippen LogP contribution is -2.14. The number of rotatable bonds is 5. The van der Waals surface area contributed by atoms with Gasteiger partial charge in [-0.3, -0.25) is 10.3 Å². The second-order valence-electron chi connectivity index (χ2n) is 5.08. The summed E-state index contributed by atoms with van der Waals surface area (Å²) < 4.78 is 5.13. The van der Waals surface area contributed by atoms with Crippen LogP contribution in [0.4, 0.5) is 10.5 Å². The Labute approximate surface area is 147 Å². The van der Waals surface area contributed by atoms with Gasteiger partial charge < -0.3 is 9.84 Å². The third-order valence-electron chi connectivity index (χ3n) is 3.34. The molecular weight excluding hydrogens is 340 g/mol. The summed E-state index contributed by atoms with van der Waals surface area (Å²) in [6.45, 7) is 0.108. The van der Waals surface area contributed by atoms with Crippen molar-refractivity contribution in [2.75, 3.05) is 5.32 Å². The van der Waals surface area contributed by atoms with E-state index in [-0.39, 0.29) is 17.2 Å². The van der Waals surface area contributed by atoms with E-state index in [1.54, 1.807) is 30.6 Å². The second-order valence-corrected chi connectivity index (χ2v) is 6.13. The molecule has 2 heterocycles. The third kappa shape index (κ3) is 4.21. The Balaban J connectivity index is 1.73. The number of ether oxygens (including phenoxy) is 1. The maximum Gasteiger partial charge on any atom is 0.412 e. The fraction of sp³-hybridized carbons (Fsp3) is 0.0556. The molecule has 6 nitrogen and oxygen atoms in total. The number of carbonyl (C=O) groups is 2. The van der Waals surface area contributed by atoms with E-state index in [4.69, 9.17) is 4.74 Å². The highest BCUT2D eigenvalue weighted by Gasteiger charge is 2.18. The molecule has 0 unspecified atom stereocenters. The van der Waals surface area contributed by atoms with Crippen LogP contribution in [0.5, 0.6) is 0 Å². The maximum absolute atomic E-state index is 12.0. The molecule has 3 rings (SSSR count). The zero-order valence-electron chi connectivity index (χ0n) is 13.0. The van der Waals surface area contributed by atoms with E-state index in [0.717, 1.165) is 27.3 Å². The summed E-state index contributed by atoms with van der Waals surface area (Å²) in [5, 5.41) is 11.9. The lowest BCUT2D eigenvalue weighted by Gasteiger charge is -2.06. The summed E-state index contributed by atoms with van der Waals surface area (Å²) >= 11 is 1.08. The number of aromatic carboxylic acids is 1.